The number of rotatable bonds is 10. The van der Waals surface area contributed by atoms with E-state index in [9.17, 15) is 9.59 Å². The summed E-state index contributed by atoms with van der Waals surface area (Å²) in [5.74, 6) is -0.824. The number of amidine groups is 1. The van der Waals surface area contributed by atoms with Gasteiger partial charge in [-0.1, -0.05) is 19.3 Å². The Bertz CT molecular complexity index is 767. The molecule has 0 radical (unpaired) electrons. The summed E-state index contributed by atoms with van der Waals surface area (Å²) in [5, 5.41) is 19.5. The van der Waals surface area contributed by atoms with Gasteiger partial charge in [-0.25, -0.2) is 0 Å². The first-order chi connectivity index (χ1) is 12.0. The maximum absolute atomic E-state index is 12.1. The number of fused-ring (bicyclic) bond motifs is 1. The number of unbranched alkanes of at least 4 members (excludes halogenated alkanes) is 4. The van der Waals surface area contributed by atoms with Crippen molar-refractivity contribution in [3.8, 4) is 0 Å². The second kappa shape index (κ2) is 8.86. The maximum atomic E-state index is 12.1. The molecule has 0 saturated carbocycles. The molecule has 2 aromatic rings. The molecule has 1 heterocycles. The first kappa shape index (κ1) is 18.5. The van der Waals surface area contributed by atoms with Crippen molar-refractivity contribution in [2.24, 2.45) is 5.73 Å². The maximum Gasteiger partial charge on any atom is 0.303 e. The third kappa shape index (κ3) is 5.63. The van der Waals surface area contributed by atoms with Crippen LogP contribution in [0.1, 0.15) is 54.6 Å². The van der Waals surface area contributed by atoms with Gasteiger partial charge in [0.05, 0.1) is 0 Å². The summed E-state index contributed by atoms with van der Waals surface area (Å²) in [6, 6.07) is 6.73. The van der Waals surface area contributed by atoms with Crippen LogP contribution in [-0.2, 0) is 4.79 Å². The number of hydrogen-bond acceptors (Lipinski definition) is 4. The van der Waals surface area contributed by atoms with E-state index in [1.54, 1.807) is 24.3 Å². The number of carboxylic acid groups (broad SMARTS) is 1. The highest BCUT2D eigenvalue weighted by atomic mass is 16.4. The smallest absolute Gasteiger partial charge is 0.303 e. The van der Waals surface area contributed by atoms with Crippen molar-refractivity contribution in [1.82, 2.24) is 5.32 Å². The molecule has 0 unspecified atom stereocenters. The lowest BCUT2D eigenvalue weighted by Gasteiger charge is -2.03. The highest BCUT2D eigenvalue weighted by Crippen LogP contribution is 2.20. The van der Waals surface area contributed by atoms with Gasteiger partial charge in [0.1, 0.15) is 11.4 Å². The van der Waals surface area contributed by atoms with Gasteiger partial charge in [-0.2, -0.15) is 0 Å². The zero-order chi connectivity index (χ0) is 18.2. The first-order valence-electron chi connectivity index (χ1n) is 8.35. The molecular formula is C18H23N3O4. The largest absolute Gasteiger partial charge is 0.481 e. The number of carbonyl (C=O) groups is 2. The number of carboxylic acids is 1. The minimum atomic E-state index is -0.756. The number of amides is 1. The summed E-state index contributed by atoms with van der Waals surface area (Å²) >= 11 is 0. The number of nitrogens with one attached hydrogen (secondary N) is 2. The van der Waals surface area contributed by atoms with Crippen LogP contribution in [0.3, 0.4) is 0 Å². The topological polar surface area (TPSA) is 129 Å². The van der Waals surface area contributed by atoms with Crippen LogP contribution >= 0.6 is 0 Å². The molecule has 0 fully saturated rings. The average molecular weight is 345 g/mol. The number of nitrogen functional groups attached to an aromatic ring is 1. The van der Waals surface area contributed by atoms with E-state index >= 15 is 0 Å². The monoisotopic (exact) mass is 345 g/mol. The normalized spacial score (nSPS) is 10.7. The molecule has 2 rings (SSSR count). The van der Waals surface area contributed by atoms with Crippen molar-refractivity contribution in [3.05, 3.63) is 35.6 Å². The number of nitrogens with two attached hydrogens (primary N) is 1. The van der Waals surface area contributed by atoms with E-state index in [4.69, 9.17) is 20.7 Å². The molecule has 5 N–H and O–H groups in total. The van der Waals surface area contributed by atoms with Crippen molar-refractivity contribution in [3.63, 3.8) is 0 Å². The van der Waals surface area contributed by atoms with Gasteiger partial charge in [-0.05, 0) is 37.1 Å². The predicted octanol–water partition coefficient (Wildman–Crippen LogP) is 2.87. The van der Waals surface area contributed by atoms with Gasteiger partial charge >= 0.3 is 5.97 Å². The van der Waals surface area contributed by atoms with Crippen molar-refractivity contribution < 1.29 is 19.1 Å². The van der Waals surface area contributed by atoms with Gasteiger partial charge < -0.3 is 20.6 Å². The molecule has 7 nitrogen and oxygen atoms in total. The Labute approximate surface area is 145 Å². The fourth-order valence-corrected chi connectivity index (χ4v) is 2.54. The van der Waals surface area contributed by atoms with Crippen LogP contribution in [0.2, 0.25) is 0 Å². The van der Waals surface area contributed by atoms with E-state index < -0.39 is 5.97 Å². The van der Waals surface area contributed by atoms with Crippen LogP contribution in [-0.4, -0.2) is 29.4 Å². The Morgan fingerprint density at radius 1 is 1.12 bits per heavy atom. The van der Waals surface area contributed by atoms with Crippen LogP contribution in [0.15, 0.2) is 28.7 Å². The van der Waals surface area contributed by atoms with Crippen molar-refractivity contribution >= 4 is 28.7 Å². The van der Waals surface area contributed by atoms with Gasteiger partial charge in [-0.15, -0.1) is 0 Å². The molecule has 0 aliphatic carbocycles. The van der Waals surface area contributed by atoms with Gasteiger partial charge in [0.15, 0.2) is 5.76 Å². The highest BCUT2D eigenvalue weighted by molar-refractivity contribution is 6.00. The summed E-state index contributed by atoms with van der Waals surface area (Å²) < 4.78 is 5.52. The summed E-state index contributed by atoms with van der Waals surface area (Å²) in [6.07, 6.45) is 4.55. The SMILES string of the molecule is N=C(N)c1ccc2oc(C(=O)NCCCCCCCC(=O)O)cc2c1. The lowest BCUT2D eigenvalue weighted by atomic mass is 10.1. The predicted molar refractivity (Wildman–Crippen MR) is 94.9 cm³/mol. The van der Waals surface area contributed by atoms with Crippen molar-refractivity contribution in [2.45, 2.75) is 38.5 Å². The number of aliphatic carboxylic acids is 1. The molecule has 0 saturated heterocycles. The third-order valence-corrected chi connectivity index (χ3v) is 3.90. The fraction of sp³-hybridized carbons (Fsp3) is 0.389. The molecule has 7 heteroatoms. The Morgan fingerprint density at radius 3 is 2.56 bits per heavy atom. The van der Waals surface area contributed by atoms with E-state index in [1.807, 2.05) is 0 Å². The van der Waals surface area contributed by atoms with Crippen LogP contribution in [0.5, 0.6) is 0 Å². The zero-order valence-electron chi connectivity index (χ0n) is 14.0. The second-order valence-corrected chi connectivity index (χ2v) is 5.94. The van der Waals surface area contributed by atoms with Crippen molar-refractivity contribution in [2.75, 3.05) is 6.54 Å². The van der Waals surface area contributed by atoms with Crippen molar-refractivity contribution in [1.29, 1.82) is 5.41 Å². The molecule has 1 aromatic carbocycles. The number of carbonyl (C=O) groups excluding carboxylic acids is 1. The van der Waals surface area contributed by atoms with E-state index in [0.717, 1.165) is 31.1 Å². The lowest BCUT2D eigenvalue weighted by Crippen LogP contribution is -2.23. The molecule has 25 heavy (non-hydrogen) atoms. The number of hydrogen-bond donors (Lipinski definition) is 4. The highest BCUT2D eigenvalue weighted by Gasteiger charge is 2.12. The van der Waals surface area contributed by atoms with Crippen LogP contribution in [0.4, 0.5) is 0 Å². The number of benzene rings is 1. The Hall–Kier alpha value is -2.83. The van der Waals surface area contributed by atoms with E-state index in [1.165, 1.54) is 0 Å². The molecular weight excluding hydrogens is 322 g/mol. The minimum absolute atomic E-state index is 0.0301. The molecule has 0 atom stereocenters. The van der Waals surface area contributed by atoms with E-state index in [-0.39, 0.29) is 23.9 Å². The van der Waals surface area contributed by atoms with Gasteiger partial charge in [-0.3, -0.25) is 15.0 Å². The van der Waals surface area contributed by atoms with Crippen LogP contribution < -0.4 is 11.1 Å². The third-order valence-electron chi connectivity index (χ3n) is 3.90. The minimum Gasteiger partial charge on any atom is -0.481 e. The van der Waals surface area contributed by atoms with Crippen LogP contribution in [0.25, 0.3) is 11.0 Å². The summed E-state index contributed by atoms with van der Waals surface area (Å²) in [5.41, 5.74) is 6.62. The van der Waals surface area contributed by atoms with Crippen LogP contribution in [0, 0.1) is 5.41 Å². The molecule has 134 valence electrons. The zero-order valence-corrected chi connectivity index (χ0v) is 14.0. The molecule has 0 spiro atoms. The number of furan rings is 1. The van der Waals surface area contributed by atoms with E-state index in [2.05, 4.69) is 5.32 Å². The lowest BCUT2D eigenvalue weighted by molar-refractivity contribution is -0.137. The quantitative estimate of drug-likeness (QED) is 0.299. The van der Waals surface area contributed by atoms with Gasteiger partial charge in [0.2, 0.25) is 0 Å². The Kier molecular flexibility index (Phi) is 6.56. The molecule has 0 aliphatic rings. The summed E-state index contributed by atoms with van der Waals surface area (Å²) in [7, 11) is 0. The fourth-order valence-electron chi connectivity index (χ4n) is 2.54. The van der Waals surface area contributed by atoms with Gasteiger partial charge in [0.25, 0.3) is 5.91 Å². The summed E-state index contributed by atoms with van der Waals surface area (Å²) in [6.45, 7) is 0.549. The Morgan fingerprint density at radius 2 is 1.84 bits per heavy atom. The standard InChI is InChI=1S/C18H23N3O4/c19-17(20)12-7-8-14-13(10-12)11-15(25-14)18(24)21-9-5-3-1-2-4-6-16(22)23/h7-8,10-11H,1-6,9H2,(H3,19,20)(H,21,24)(H,22,23). The van der Waals surface area contributed by atoms with Gasteiger partial charge in [0, 0.05) is 23.9 Å². The molecule has 1 amide bonds. The first-order valence-corrected chi connectivity index (χ1v) is 8.35. The van der Waals surface area contributed by atoms with E-state index in [0.29, 0.717) is 24.1 Å². The molecule has 1 aromatic heterocycles. The summed E-state index contributed by atoms with van der Waals surface area (Å²) in [4.78, 5) is 22.5. The second-order valence-electron chi connectivity index (χ2n) is 5.94. The average Bonchev–Trinajstić information content (AvgIpc) is 2.99. The molecule has 0 bridgehead atoms. The Balaban J connectivity index is 1.74. The molecule has 0 aliphatic heterocycles.